The second kappa shape index (κ2) is 7.80. The van der Waals surface area contributed by atoms with Gasteiger partial charge in [-0.15, -0.1) is 0 Å². The summed E-state index contributed by atoms with van der Waals surface area (Å²) in [6.45, 7) is 5.27. The van der Waals surface area contributed by atoms with Crippen LogP contribution < -0.4 is 5.73 Å². The Balaban J connectivity index is 3.21. The van der Waals surface area contributed by atoms with Crippen LogP contribution in [0.25, 0.3) is 0 Å². The van der Waals surface area contributed by atoms with Gasteiger partial charge in [0.15, 0.2) is 0 Å². The average Bonchev–Trinajstić information content (AvgIpc) is 2.01. The molecule has 2 N–H and O–H groups in total. The molecule has 0 aromatic carbocycles. The molecule has 0 radical (unpaired) electrons. The molecule has 1 atom stereocenters. The van der Waals surface area contributed by atoms with Crippen LogP contribution in [-0.4, -0.2) is 6.54 Å². The summed E-state index contributed by atoms with van der Waals surface area (Å²) in [7, 11) is 0. The van der Waals surface area contributed by atoms with Gasteiger partial charge in [0.25, 0.3) is 0 Å². The first-order chi connectivity index (χ1) is 5.31. The van der Waals surface area contributed by atoms with Crippen molar-refractivity contribution < 1.29 is 0 Å². The molecule has 0 bridgehead atoms. The van der Waals surface area contributed by atoms with E-state index < -0.39 is 0 Å². The largest absolute Gasteiger partial charge is 0.330 e. The maximum Gasteiger partial charge on any atom is -0.00773 e. The van der Waals surface area contributed by atoms with Gasteiger partial charge in [-0.05, 0) is 31.7 Å². The summed E-state index contributed by atoms with van der Waals surface area (Å²) in [6, 6.07) is 0. The van der Waals surface area contributed by atoms with Gasteiger partial charge in [0.2, 0.25) is 0 Å². The van der Waals surface area contributed by atoms with Crippen LogP contribution in [0.3, 0.4) is 0 Å². The van der Waals surface area contributed by atoms with E-state index >= 15 is 0 Å². The summed E-state index contributed by atoms with van der Waals surface area (Å²) in [5.74, 6) is 0.737. The Kier molecular flexibility index (Phi) is 7.59. The molecule has 1 nitrogen and oxygen atoms in total. The zero-order chi connectivity index (χ0) is 8.53. The van der Waals surface area contributed by atoms with Crippen LogP contribution in [0.15, 0.2) is 12.2 Å². The summed E-state index contributed by atoms with van der Waals surface area (Å²) in [5.41, 5.74) is 5.40. The standard InChI is InChI=1S/C10H21N/c1-3-4-7-10(2)8-5-6-9-11/h4,7,10H,3,5-6,8-9,11H2,1-2H3/b7-4+. The van der Waals surface area contributed by atoms with Crippen LogP contribution in [0.1, 0.15) is 39.5 Å². The first kappa shape index (κ1) is 10.7. The van der Waals surface area contributed by atoms with E-state index in [9.17, 15) is 0 Å². The Labute approximate surface area is 70.7 Å². The van der Waals surface area contributed by atoms with E-state index in [1.54, 1.807) is 0 Å². The fourth-order valence-electron chi connectivity index (χ4n) is 1.08. The molecule has 0 aromatic rings. The van der Waals surface area contributed by atoms with Gasteiger partial charge in [0.1, 0.15) is 0 Å². The Morgan fingerprint density at radius 2 is 2.09 bits per heavy atom. The number of nitrogens with two attached hydrogens (primary N) is 1. The lowest BCUT2D eigenvalue weighted by Crippen LogP contribution is -1.99. The molecule has 0 rings (SSSR count). The number of hydrogen-bond donors (Lipinski definition) is 1. The summed E-state index contributed by atoms with van der Waals surface area (Å²) in [4.78, 5) is 0. The van der Waals surface area contributed by atoms with Crippen molar-refractivity contribution in [1.82, 2.24) is 0 Å². The lowest BCUT2D eigenvalue weighted by molar-refractivity contribution is 0.584. The van der Waals surface area contributed by atoms with Gasteiger partial charge in [-0.25, -0.2) is 0 Å². The lowest BCUT2D eigenvalue weighted by atomic mass is 10.0. The summed E-state index contributed by atoms with van der Waals surface area (Å²) in [6.07, 6.45) is 9.43. The molecule has 0 saturated carbocycles. The monoisotopic (exact) mass is 155 g/mol. The van der Waals surface area contributed by atoms with E-state index in [-0.39, 0.29) is 0 Å². The average molecular weight is 155 g/mol. The van der Waals surface area contributed by atoms with Gasteiger partial charge in [0, 0.05) is 0 Å². The summed E-state index contributed by atoms with van der Waals surface area (Å²) >= 11 is 0. The minimum atomic E-state index is 0.737. The van der Waals surface area contributed by atoms with Gasteiger partial charge in [-0.1, -0.05) is 32.4 Å². The van der Waals surface area contributed by atoms with Crippen LogP contribution in [0.5, 0.6) is 0 Å². The van der Waals surface area contributed by atoms with Crippen molar-refractivity contribution in [2.75, 3.05) is 6.54 Å². The number of rotatable bonds is 6. The van der Waals surface area contributed by atoms with Crippen molar-refractivity contribution >= 4 is 0 Å². The van der Waals surface area contributed by atoms with Crippen molar-refractivity contribution in [2.24, 2.45) is 11.7 Å². The van der Waals surface area contributed by atoms with Crippen molar-refractivity contribution in [3.05, 3.63) is 12.2 Å². The lowest BCUT2D eigenvalue weighted by Gasteiger charge is -2.03. The van der Waals surface area contributed by atoms with Crippen LogP contribution in [-0.2, 0) is 0 Å². The molecule has 0 aromatic heterocycles. The first-order valence-corrected chi connectivity index (χ1v) is 4.68. The minimum Gasteiger partial charge on any atom is -0.330 e. The first-order valence-electron chi connectivity index (χ1n) is 4.68. The fourth-order valence-corrected chi connectivity index (χ4v) is 1.08. The predicted octanol–water partition coefficient (Wildman–Crippen LogP) is 2.72. The Bertz CT molecular complexity index is 97.0. The van der Waals surface area contributed by atoms with Gasteiger partial charge < -0.3 is 5.73 Å². The van der Waals surface area contributed by atoms with Gasteiger partial charge in [-0.2, -0.15) is 0 Å². The van der Waals surface area contributed by atoms with E-state index in [1.807, 2.05) is 0 Å². The van der Waals surface area contributed by atoms with Crippen molar-refractivity contribution in [3.8, 4) is 0 Å². The quantitative estimate of drug-likeness (QED) is 0.463. The molecule has 0 heterocycles. The molecule has 0 aliphatic carbocycles. The van der Waals surface area contributed by atoms with Gasteiger partial charge in [0.05, 0.1) is 0 Å². The molecule has 0 amide bonds. The smallest absolute Gasteiger partial charge is 0.00773 e. The van der Waals surface area contributed by atoms with Crippen molar-refractivity contribution in [2.45, 2.75) is 39.5 Å². The fraction of sp³-hybridized carbons (Fsp3) is 0.800. The third-order valence-corrected chi connectivity index (χ3v) is 1.81. The van der Waals surface area contributed by atoms with Gasteiger partial charge >= 0.3 is 0 Å². The second-order valence-electron chi connectivity index (χ2n) is 3.10. The Hall–Kier alpha value is -0.300. The topological polar surface area (TPSA) is 26.0 Å². The van der Waals surface area contributed by atoms with Crippen LogP contribution >= 0.6 is 0 Å². The zero-order valence-corrected chi connectivity index (χ0v) is 7.84. The maximum absolute atomic E-state index is 5.40. The van der Waals surface area contributed by atoms with E-state index in [0.29, 0.717) is 0 Å². The molecule has 66 valence electrons. The molecular weight excluding hydrogens is 134 g/mol. The SMILES string of the molecule is CC/C=C/C(C)CCCCN. The van der Waals surface area contributed by atoms with Crippen LogP contribution in [0.2, 0.25) is 0 Å². The molecule has 1 unspecified atom stereocenters. The number of allylic oxidation sites excluding steroid dienone is 2. The number of hydrogen-bond acceptors (Lipinski definition) is 1. The molecule has 0 saturated heterocycles. The molecule has 0 spiro atoms. The van der Waals surface area contributed by atoms with E-state index in [4.69, 9.17) is 5.73 Å². The maximum atomic E-state index is 5.40. The third-order valence-electron chi connectivity index (χ3n) is 1.81. The molecule has 0 aliphatic heterocycles. The highest BCUT2D eigenvalue weighted by Crippen LogP contribution is 2.08. The van der Waals surface area contributed by atoms with E-state index in [1.165, 1.54) is 19.3 Å². The predicted molar refractivity (Wildman–Crippen MR) is 51.5 cm³/mol. The van der Waals surface area contributed by atoms with Crippen molar-refractivity contribution in [1.29, 1.82) is 0 Å². The summed E-state index contributed by atoms with van der Waals surface area (Å²) < 4.78 is 0. The van der Waals surface area contributed by atoms with Crippen molar-refractivity contribution in [3.63, 3.8) is 0 Å². The number of unbranched alkanes of at least 4 members (excludes halogenated alkanes) is 1. The molecule has 0 aliphatic rings. The summed E-state index contributed by atoms with van der Waals surface area (Å²) in [5, 5.41) is 0. The van der Waals surface area contributed by atoms with E-state index in [2.05, 4.69) is 26.0 Å². The molecule has 0 fully saturated rings. The highest BCUT2D eigenvalue weighted by Gasteiger charge is 1.94. The van der Waals surface area contributed by atoms with E-state index in [0.717, 1.165) is 18.9 Å². The minimum absolute atomic E-state index is 0.737. The van der Waals surface area contributed by atoms with Crippen LogP contribution in [0.4, 0.5) is 0 Å². The second-order valence-corrected chi connectivity index (χ2v) is 3.10. The van der Waals surface area contributed by atoms with Gasteiger partial charge in [-0.3, -0.25) is 0 Å². The highest BCUT2D eigenvalue weighted by molar-refractivity contribution is 4.84. The highest BCUT2D eigenvalue weighted by atomic mass is 14.5. The Morgan fingerprint density at radius 1 is 1.36 bits per heavy atom. The van der Waals surface area contributed by atoms with Crippen LogP contribution in [0, 0.1) is 5.92 Å². The normalized spacial score (nSPS) is 14.1. The molecule has 11 heavy (non-hydrogen) atoms. The zero-order valence-electron chi connectivity index (χ0n) is 7.84. The Morgan fingerprint density at radius 3 is 2.64 bits per heavy atom. The third kappa shape index (κ3) is 7.60. The molecule has 1 heteroatoms. The molecular formula is C10H21N.